The molecule has 1 amide bonds. The number of carbonyl (C=O) groups excluding carboxylic acids is 1. The minimum Gasteiger partial charge on any atom is -0.441 e. The Hall–Kier alpha value is -3.42. The highest BCUT2D eigenvalue weighted by Gasteiger charge is 2.58. The first-order chi connectivity index (χ1) is 16.2. The minimum atomic E-state index is -4.61. The number of ether oxygens (including phenoxy) is 2. The molecule has 0 aromatic carbocycles. The van der Waals surface area contributed by atoms with Gasteiger partial charge in [-0.25, -0.2) is 18.7 Å². The quantitative estimate of drug-likeness (QED) is 0.479. The lowest BCUT2D eigenvalue weighted by Crippen LogP contribution is -2.68. The Kier molecular flexibility index (Phi) is 4.53. The number of H-pyrrole nitrogens is 1. The zero-order valence-electron chi connectivity index (χ0n) is 17.5. The van der Waals surface area contributed by atoms with Crippen LogP contribution in [0.15, 0.2) is 24.5 Å². The smallest absolute Gasteiger partial charge is 0.435 e. The van der Waals surface area contributed by atoms with Gasteiger partial charge in [0.1, 0.15) is 11.6 Å². The number of alkyl carbamates (subject to hydrolysis) is 1. The summed E-state index contributed by atoms with van der Waals surface area (Å²) in [6, 6.07) is 2.31. The Morgan fingerprint density at radius 2 is 2.09 bits per heavy atom. The van der Waals surface area contributed by atoms with E-state index in [0.717, 1.165) is 29.8 Å². The molecule has 2 bridgehead atoms. The molecule has 4 heterocycles. The van der Waals surface area contributed by atoms with Crippen LogP contribution in [0.2, 0.25) is 0 Å². The number of nitrogens with zero attached hydrogens (tertiary/aromatic N) is 4. The fourth-order valence-corrected chi connectivity index (χ4v) is 4.78. The minimum absolute atomic E-state index is 0.0826. The maximum atomic E-state index is 15.0. The van der Waals surface area contributed by atoms with Crippen molar-refractivity contribution in [3.05, 3.63) is 35.9 Å². The molecule has 3 N–H and O–H groups in total. The van der Waals surface area contributed by atoms with Gasteiger partial charge in [-0.05, 0) is 25.2 Å². The van der Waals surface area contributed by atoms with Crippen molar-refractivity contribution in [1.82, 2.24) is 30.1 Å². The predicted molar refractivity (Wildman–Crippen MR) is 107 cm³/mol. The van der Waals surface area contributed by atoms with Gasteiger partial charge in [-0.1, -0.05) is 0 Å². The van der Waals surface area contributed by atoms with Crippen molar-refractivity contribution in [3.63, 3.8) is 0 Å². The highest BCUT2D eigenvalue weighted by Crippen LogP contribution is 2.57. The molecule has 34 heavy (non-hydrogen) atoms. The van der Waals surface area contributed by atoms with Gasteiger partial charge in [0, 0.05) is 30.1 Å². The lowest BCUT2D eigenvalue weighted by atomic mass is 9.50. The van der Waals surface area contributed by atoms with Crippen molar-refractivity contribution in [1.29, 1.82) is 0 Å². The molecule has 0 radical (unpaired) electrons. The van der Waals surface area contributed by atoms with Crippen molar-refractivity contribution in [2.75, 3.05) is 11.9 Å². The fourth-order valence-electron chi connectivity index (χ4n) is 4.78. The number of hydrogen-bond donors (Lipinski definition) is 3. The zero-order valence-corrected chi connectivity index (χ0v) is 17.5. The largest absolute Gasteiger partial charge is 0.441 e. The molecule has 7 rings (SSSR count). The molecular weight excluding hydrogens is 462 g/mol. The maximum absolute atomic E-state index is 15.0. The first kappa shape index (κ1) is 21.1. The first-order valence-corrected chi connectivity index (χ1v) is 10.7. The van der Waals surface area contributed by atoms with Crippen LogP contribution in [0.1, 0.15) is 36.8 Å². The Balaban J connectivity index is 1.12. The molecule has 180 valence electrons. The van der Waals surface area contributed by atoms with Crippen molar-refractivity contribution >= 4 is 23.2 Å². The number of anilines is 2. The standard InChI is InChI=1S/C20H19F4N7O3/c21-15-12(34-18(32)27-19-5-9(6-19)7-19)8-33-16(15)10-3-14(29-28-10)26-17-11-4-13(20(22,23)24)30-31(11)2-1-25-17/h1-4,9,12,15-16H,5-8H2,(H,27,32)(H2,25,26,28,29)/t9?,12-,15+,16-,19?/m1/s1. The second-order valence-corrected chi connectivity index (χ2v) is 8.99. The molecule has 4 fully saturated rings. The summed E-state index contributed by atoms with van der Waals surface area (Å²) in [6.07, 6.45) is -3.61. The van der Waals surface area contributed by atoms with E-state index in [4.69, 9.17) is 9.47 Å². The third-order valence-electron chi connectivity index (χ3n) is 6.58. The molecule has 10 nitrogen and oxygen atoms in total. The molecule has 1 saturated heterocycles. The van der Waals surface area contributed by atoms with Crippen LogP contribution in [-0.4, -0.2) is 55.3 Å². The summed E-state index contributed by atoms with van der Waals surface area (Å²) in [4.78, 5) is 16.2. The second-order valence-electron chi connectivity index (χ2n) is 8.99. The van der Waals surface area contributed by atoms with Crippen LogP contribution in [0.4, 0.5) is 34.0 Å². The molecule has 0 unspecified atom stereocenters. The fraction of sp³-hybridized carbons (Fsp3) is 0.500. The average Bonchev–Trinajstić information content (AvgIpc) is 3.43. The van der Waals surface area contributed by atoms with E-state index in [1.165, 1.54) is 18.5 Å². The monoisotopic (exact) mass is 481 g/mol. The van der Waals surface area contributed by atoms with Gasteiger partial charge in [-0.3, -0.25) is 5.10 Å². The average molecular weight is 481 g/mol. The molecular formula is C20H19F4N7O3. The molecule has 0 spiro atoms. The summed E-state index contributed by atoms with van der Waals surface area (Å²) in [5, 5.41) is 15.8. The zero-order chi connectivity index (χ0) is 23.7. The van der Waals surface area contributed by atoms with E-state index in [2.05, 4.69) is 30.9 Å². The van der Waals surface area contributed by atoms with Crippen molar-refractivity contribution in [2.45, 2.75) is 49.4 Å². The van der Waals surface area contributed by atoms with E-state index in [1.807, 2.05) is 0 Å². The normalized spacial score (nSPS) is 30.0. The van der Waals surface area contributed by atoms with Gasteiger partial charge < -0.3 is 20.1 Å². The number of alkyl halides is 4. The van der Waals surface area contributed by atoms with Gasteiger partial charge >= 0.3 is 12.3 Å². The van der Waals surface area contributed by atoms with E-state index in [-0.39, 0.29) is 35.0 Å². The molecule has 3 aromatic rings. The van der Waals surface area contributed by atoms with Gasteiger partial charge in [0.15, 0.2) is 29.6 Å². The number of nitrogens with one attached hydrogen (secondary N) is 3. The molecule has 3 aliphatic carbocycles. The van der Waals surface area contributed by atoms with Crippen molar-refractivity contribution in [2.24, 2.45) is 5.92 Å². The molecule has 3 saturated carbocycles. The summed E-state index contributed by atoms with van der Waals surface area (Å²) < 4.78 is 65.7. The van der Waals surface area contributed by atoms with Crippen molar-refractivity contribution < 1.29 is 31.8 Å². The topological polar surface area (TPSA) is 118 Å². The molecule has 4 aliphatic rings. The number of rotatable bonds is 5. The van der Waals surface area contributed by atoms with E-state index in [0.29, 0.717) is 5.92 Å². The highest BCUT2D eigenvalue weighted by atomic mass is 19.4. The summed E-state index contributed by atoms with van der Waals surface area (Å²) in [6.45, 7) is -0.117. The van der Waals surface area contributed by atoms with Crippen molar-refractivity contribution in [3.8, 4) is 0 Å². The third kappa shape index (κ3) is 3.52. The summed E-state index contributed by atoms with van der Waals surface area (Å²) >= 11 is 0. The Bertz CT molecular complexity index is 1240. The van der Waals surface area contributed by atoms with Crippen LogP contribution < -0.4 is 10.6 Å². The number of fused-ring (bicyclic) bond motifs is 1. The summed E-state index contributed by atoms with van der Waals surface area (Å²) in [7, 11) is 0. The number of aromatic amines is 1. The van der Waals surface area contributed by atoms with Crippen LogP contribution in [0.5, 0.6) is 0 Å². The number of hydrogen-bond acceptors (Lipinski definition) is 7. The molecule has 1 aliphatic heterocycles. The van der Waals surface area contributed by atoms with Gasteiger partial charge in [-0.2, -0.15) is 23.4 Å². The van der Waals surface area contributed by atoms with Crippen LogP contribution >= 0.6 is 0 Å². The number of halogens is 4. The number of amides is 1. The highest BCUT2D eigenvalue weighted by molar-refractivity contribution is 5.72. The van der Waals surface area contributed by atoms with E-state index in [1.54, 1.807) is 0 Å². The van der Waals surface area contributed by atoms with Gasteiger partial charge in [0.2, 0.25) is 0 Å². The number of aromatic nitrogens is 5. The van der Waals surface area contributed by atoms with E-state index >= 15 is 0 Å². The van der Waals surface area contributed by atoms with Gasteiger partial charge in [0.05, 0.1) is 12.3 Å². The predicted octanol–water partition coefficient (Wildman–Crippen LogP) is 3.27. The summed E-state index contributed by atoms with van der Waals surface area (Å²) in [5.41, 5.74) is -0.876. The number of carbonyl (C=O) groups is 1. The molecule has 14 heteroatoms. The van der Waals surface area contributed by atoms with Crippen LogP contribution in [-0.2, 0) is 15.7 Å². The Morgan fingerprint density at radius 3 is 2.79 bits per heavy atom. The molecule has 3 atom stereocenters. The van der Waals surface area contributed by atoms with Gasteiger partial charge in [0.25, 0.3) is 0 Å². The Morgan fingerprint density at radius 1 is 1.29 bits per heavy atom. The van der Waals surface area contributed by atoms with E-state index < -0.39 is 36.3 Å². The summed E-state index contributed by atoms with van der Waals surface area (Å²) in [5.74, 6) is 0.950. The van der Waals surface area contributed by atoms with Crippen LogP contribution in [0.25, 0.3) is 5.52 Å². The lowest BCUT2D eigenvalue weighted by molar-refractivity contribution is -0.141. The second kappa shape index (κ2) is 7.29. The van der Waals surface area contributed by atoms with E-state index in [9.17, 15) is 22.4 Å². The van der Waals surface area contributed by atoms with Crippen LogP contribution in [0, 0.1) is 5.92 Å². The third-order valence-corrected chi connectivity index (χ3v) is 6.58. The Labute approximate surface area is 189 Å². The SMILES string of the molecule is O=C(NC12CC(C1)C2)O[C@@H]1CO[C@H](c2cc(Nc3nccn4nc(C(F)(F)F)cc34)n[nH]2)[C@H]1F. The van der Waals surface area contributed by atoms with Crippen LogP contribution in [0.3, 0.4) is 0 Å². The first-order valence-electron chi connectivity index (χ1n) is 10.7. The maximum Gasteiger partial charge on any atom is 0.435 e. The molecule has 3 aromatic heterocycles. The lowest BCUT2D eigenvalue weighted by Gasteiger charge is -2.61. The van der Waals surface area contributed by atoms with Gasteiger partial charge in [-0.15, -0.1) is 0 Å².